The maximum atomic E-state index is 13.6. The maximum absolute atomic E-state index is 13.6. The van der Waals surface area contributed by atoms with Gasteiger partial charge in [-0.1, -0.05) is 6.07 Å². The third kappa shape index (κ3) is 3.49. The number of carbonyl (C=O) groups is 2. The minimum Gasteiger partial charge on any atom is -0.352 e. The molecule has 0 bridgehead atoms. The number of H-pyrrole nitrogens is 1. The number of carbonyl (C=O) groups excluding carboxylic acids is 2. The van der Waals surface area contributed by atoms with Gasteiger partial charge in [-0.25, -0.2) is 9.37 Å². The lowest BCUT2D eigenvalue weighted by molar-refractivity contribution is -0.126. The first-order valence-corrected chi connectivity index (χ1v) is 7.75. The minimum absolute atomic E-state index is 0.0206. The first-order valence-electron chi connectivity index (χ1n) is 7.75. The lowest BCUT2D eigenvalue weighted by Gasteiger charge is -2.30. The fourth-order valence-corrected chi connectivity index (χ4v) is 2.84. The molecule has 1 fully saturated rings. The van der Waals surface area contributed by atoms with Gasteiger partial charge in [0.1, 0.15) is 11.3 Å². The summed E-state index contributed by atoms with van der Waals surface area (Å²) < 4.78 is 13.6. The number of imidazole rings is 1. The molecule has 1 aromatic heterocycles. The molecule has 1 aliphatic rings. The molecule has 7 heteroatoms. The van der Waals surface area contributed by atoms with E-state index in [-0.39, 0.29) is 36.1 Å². The molecule has 2 aromatic rings. The van der Waals surface area contributed by atoms with E-state index in [0.29, 0.717) is 36.1 Å². The van der Waals surface area contributed by atoms with Crippen molar-refractivity contribution in [2.45, 2.75) is 44.7 Å². The van der Waals surface area contributed by atoms with E-state index in [1.54, 1.807) is 12.1 Å². The van der Waals surface area contributed by atoms with Crippen LogP contribution in [0.4, 0.5) is 4.39 Å². The summed E-state index contributed by atoms with van der Waals surface area (Å²) in [6.45, 7) is 1.88. The molecule has 0 radical (unpaired) electrons. The number of aryl methyl sites for hydroxylation is 1. The molecule has 2 atom stereocenters. The number of benzene rings is 1. The Morgan fingerprint density at radius 2 is 2.30 bits per heavy atom. The number of nitrogens with one attached hydrogen (secondary N) is 3. The zero-order chi connectivity index (χ0) is 16.4. The second-order valence-corrected chi connectivity index (χ2v) is 5.89. The lowest BCUT2D eigenvalue weighted by atomic mass is 9.99. The largest absolute Gasteiger partial charge is 0.352 e. The van der Waals surface area contributed by atoms with Crippen LogP contribution in [0.5, 0.6) is 0 Å². The molecule has 1 saturated heterocycles. The number of halogens is 1. The van der Waals surface area contributed by atoms with Crippen LogP contribution in [-0.2, 0) is 16.0 Å². The van der Waals surface area contributed by atoms with Crippen molar-refractivity contribution in [2.24, 2.45) is 0 Å². The number of hydrogen-bond donors (Lipinski definition) is 3. The van der Waals surface area contributed by atoms with Gasteiger partial charge in [-0.15, -0.1) is 0 Å². The van der Waals surface area contributed by atoms with Gasteiger partial charge in [0.15, 0.2) is 5.82 Å². The molecule has 1 aromatic carbocycles. The normalized spacial score (nSPS) is 21.2. The monoisotopic (exact) mass is 318 g/mol. The van der Waals surface area contributed by atoms with Crippen molar-refractivity contribution in [3.05, 3.63) is 29.8 Å². The van der Waals surface area contributed by atoms with Crippen LogP contribution < -0.4 is 10.6 Å². The fourth-order valence-electron chi connectivity index (χ4n) is 2.84. The first-order chi connectivity index (χ1) is 11.0. The van der Waals surface area contributed by atoms with Crippen LogP contribution in [0.2, 0.25) is 0 Å². The van der Waals surface area contributed by atoms with Crippen LogP contribution in [0, 0.1) is 5.82 Å². The van der Waals surface area contributed by atoms with Gasteiger partial charge in [-0.3, -0.25) is 9.59 Å². The van der Waals surface area contributed by atoms with E-state index in [9.17, 15) is 14.0 Å². The summed E-state index contributed by atoms with van der Waals surface area (Å²) in [6.07, 6.45) is 1.75. The molecular weight excluding hydrogens is 299 g/mol. The Hall–Kier alpha value is -2.44. The van der Waals surface area contributed by atoms with Crippen LogP contribution in [-0.4, -0.2) is 33.9 Å². The zero-order valence-electron chi connectivity index (χ0n) is 12.9. The van der Waals surface area contributed by atoms with Crippen LogP contribution >= 0.6 is 0 Å². The van der Waals surface area contributed by atoms with E-state index in [1.165, 1.54) is 6.07 Å². The van der Waals surface area contributed by atoms with Gasteiger partial charge in [0, 0.05) is 31.3 Å². The molecule has 23 heavy (non-hydrogen) atoms. The van der Waals surface area contributed by atoms with Gasteiger partial charge < -0.3 is 15.6 Å². The van der Waals surface area contributed by atoms with Crippen molar-refractivity contribution in [2.75, 3.05) is 0 Å². The van der Waals surface area contributed by atoms with Crippen molar-refractivity contribution < 1.29 is 14.0 Å². The van der Waals surface area contributed by atoms with E-state index in [0.717, 1.165) is 0 Å². The van der Waals surface area contributed by atoms with Gasteiger partial charge in [-0.05, 0) is 25.5 Å². The van der Waals surface area contributed by atoms with E-state index in [1.807, 2.05) is 6.92 Å². The Bertz CT molecular complexity index is 743. The molecule has 3 N–H and O–H groups in total. The summed E-state index contributed by atoms with van der Waals surface area (Å²) in [4.78, 5) is 30.5. The van der Waals surface area contributed by atoms with E-state index >= 15 is 0 Å². The second-order valence-electron chi connectivity index (χ2n) is 5.89. The molecule has 0 saturated carbocycles. The average molecular weight is 318 g/mol. The lowest BCUT2D eigenvalue weighted by Crippen LogP contribution is -2.54. The highest BCUT2D eigenvalue weighted by Gasteiger charge is 2.26. The number of rotatable bonds is 4. The number of aromatic amines is 1. The second kappa shape index (κ2) is 6.36. The molecule has 2 heterocycles. The van der Waals surface area contributed by atoms with Crippen LogP contribution in [0.3, 0.4) is 0 Å². The van der Waals surface area contributed by atoms with Crippen molar-refractivity contribution in [3.8, 4) is 0 Å². The predicted molar refractivity (Wildman–Crippen MR) is 83.1 cm³/mol. The van der Waals surface area contributed by atoms with Gasteiger partial charge in [0.25, 0.3) is 0 Å². The fraction of sp³-hybridized carbons (Fsp3) is 0.438. The molecule has 6 nitrogen and oxygen atoms in total. The van der Waals surface area contributed by atoms with Gasteiger partial charge >= 0.3 is 0 Å². The standard InChI is InChI=1S/C16H19FN4O2/c1-9-11(5-7-14(22)18-9)20-15(23)8-6-13-19-12-4-2-3-10(17)16(12)21-13/h2-4,9,11H,5-8H2,1H3,(H,18,22)(H,19,21)(H,20,23). The molecule has 3 rings (SSSR count). The van der Waals surface area contributed by atoms with E-state index in [2.05, 4.69) is 20.6 Å². The van der Waals surface area contributed by atoms with E-state index < -0.39 is 0 Å². The number of hydrogen-bond acceptors (Lipinski definition) is 3. The van der Waals surface area contributed by atoms with Crippen molar-refractivity contribution in [1.82, 2.24) is 20.6 Å². The van der Waals surface area contributed by atoms with E-state index in [4.69, 9.17) is 0 Å². The SMILES string of the molecule is CC1NC(=O)CCC1NC(=O)CCc1nc2c(F)cccc2[nH]1. The Kier molecular flexibility index (Phi) is 4.27. The van der Waals surface area contributed by atoms with Crippen molar-refractivity contribution in [1.29, 1.82) is 0 Å². The minimum atomic E-state index is -0.374. The number of aromatic nitrogens is 2. The van der Waals surface area contributed by atoms with Crippen LogP contribution in [0.1, 0.15) is 32.0 Å². The molecule has 0 aliphatic carbocycles. The Morgan fingerprint density at radius 3 is 3.04 bits per heavy atom. The maximum Gasteiger partial charge on any atom is 0.220 e. The Labute approximate surface area is 132 Å². The summed E-state index contributed by atoms with van der Waals surface area (Å²) in [5, 5.41) is 5.75. The molecule has 2 unspecified atom stereocenters. The van der Waals surface area contributed by atoms with Crippen LogP contribution in [0.25, 0.3) is 11.0 Å². The summed E-state index contributed by atoms with van der Waals surface area (Å²) in [5.74, 6) is 0.137. The quantitative estimate of drug-likeness (QED) is 0.797. The number of amides is 2. The highest BCUT2D eigenvalue weighted by molar-refractivity contribution is 5.80. The summed E-state index contributed by atoms with van der Waals surface area (Å²) >= 11 is 0. The molecule has 0 spiro atoms. The average Bonchev–Trinajstić information content (AvgIpc) is 2.93. The summed E-state index contributed by atoms with van der Waals surface area (Å²) in [5.41, 5.74) is 0.926. The van der Waals surface area contributed by atoms with Crippen molar-refractivity contribution >= 4 is 22.8 Å². The highest BCUT2D eigenvalue weighted by atomic mass is 19.1. The van der Waals surface area contributed by atoms with Crippen molar-refractivity contribution in [3.63, 3.8) is 0 Å². The van der Waals surface area contributed by atoms with Gasteiger partial charge in [-0.2, -0.15) is 0 Å². The molecule has 1 aliphatic heterocycles. The smallest absolute Gasteiger partial charge is 0.220 e. The third-order valence-corrected chi connectivity index (χ3v) is 4.12. The van der Waals surface area contributed by atoms with Gasteiger partial charge in [0.2, 0.25) is 11.8 Å². The summed E-state index contributed by atoms with van der Waals surface area (Å²) in [6, 6.07) is 4.61. The molecular formula is C16H19FN4O2. The number of nitrogens with zero attached hydrogens (tertiary/aromatic N) is 1. The molecule has 2 amide bonds. The zero-order valence-corrected chi connectivity index (χ0v) is 12.9. The first kappa shape index (κ1) is 15.5. The molecule has 122 valence electrons. The number of piperidine rings is 1. The van der Waals surface area contributed by atoms with Crippen LogP contribution in [0.15, 0.2) is 18.2 Å². The number of fused-ring (bicyclic) bond motifs is 1. The topological polar surface area (TPSA) is 86.9 Å². The Morgan fingerprint density at radius 1 is 1.48 bits per heavy atom. The van der Waals surface area contributed by atoms with Gasteiger partial charge in [0.05, 0.1) is 5.52 Å². The third-order valence-electron chi connectivity index (χ3n) is 4.12. The number of para-hydroxylation sites is 1. The highest BCUT2D eigenvalue weighted by Crippen LogP contribution is 2.16. The Balaban J connectivity index is 1.56. The predicted octanol–water partition coefficient (Wildman–Crippen LogP) is 1.42. The summed E-state index contributed by atoms with van der Waals surface area (Å²) in [7, 11) is 0.